The van der Waals surface area contributed by atoms with Crippen LogP contribution in [-0.2, 0) is 9.59 Å². The normalized spacial score (nSPS) is 18.0. The summed E-state index contributed by atoms with van der Waals surface area (Å²) in [6.07, 6.45) is 3.18. The van der Waals surface area contributed by atoms with Crippen LogP contribution in [0.5, 0.6) is 0 Å². The van der Waals surface area contributed by atoms with Crippen LogP contribution in [0.2, 0.25) is 0 Å². The number of rotatable bonds is 3. The average molecular weight is 329 g/mol. The van der Waals surface area contributed by atoms with E-state index < -0.39 is 0 Å². The van der Waals surface area contributed by atoms with Crippen molar-refractivity contribution in [2.45, 2.75) is 26.2 Å². The summed E-state index contributed by atoms with van der Waals surface area (Å²) in [7, 11) is 0. The van der Waals surface area contributed by atoms with Crippen molar-refractivity contribution >= 4 is 23.4 Å². The van der Waals surface area contributed by atoms with Crippen LogP contribution in [0.15, 0.2) is 24.3 Å². The molecule has 1 aliphatic heterocycles. The van der Waals surface area contributed by atoms with Crippen LogP contribution in [0.4, 0.5) is 5.69 Å². The molecule has 1 saturated carbocycles. The Morgan fingerprint density at radius 2 is 1.54 bits per heavy atom. The van der Waals surface area contributed by atoms with Gasteiger partial charge < -0.3 is 15.1 Å². The van der Waals surface area contributed by atoms with E-state index >= 15 is 0 Å². The third-order valence-corrected chi connectivity index (χ3v) is 4.79. The summed E-state index contributed by atoms with van der Waals surface area (Å²) < 4.78 is 0. The van der Waals surface area contributed by atoms with Crippen molar-refractivity contribution in [1.29, 1.82) is 0 Å². The van der Waals surface area contributed by atoms with Gasteiger partial charge in [0, 0.05) is 50.3 Å². The number of hydrogen-bond donors (Lipinski definition) is 1. The number of nitrogens with zero attached hydrogens (tertiary/aromatic N) is 2. The standard InChI is InChI=1S/C18H23N3O3/c1-13(22)19-16-7-5-15(6-8-16)18(24)21-11-9-20(10-12-21)17(23)14-3-2-4-14/h5-8,14H,2-4,9-12H2,1H3,(H,19,22). The maximum Gasteiger partial charge on any atom is 0.253 e. The van der Waals surface area contributed by atoms with Gasteiger partial charge in [-0.2, -0.15) is 0 Å². The topological polar surface area (TPSA) is 69.7 Å². The van der Waals surface area contributed by atoms with Crippen LogP contribution in [0.25, 0.3) is 0 Å². The first-order chi connectivity index (χ1) is 11.5. The second-order valence-electron chi connectivity index (χ2n) is 6.50. The maximum atomic E-state index is 12.5. The van der Waals surface area contributed by atoms with E-state index in [4.69, 9.17) is 0 Å². The number of anilines is 1. The lowest BCUT2D eigenvalue weighted by Crippen LogP contribution is -2.52. The van der Waals surface area contributed by atoms with Crippen LogP contribution in [0.1, 0.15) is 36.5 Å². The van der Waals surface area contributed by atoms with Crippen LogP contribution in [0.3, 0.4) is 0 Å². The Morgan fingerprint density at radius 3 is 2.04 bits per heavy atom. The lowest BCUT2D eigenvalue weighted by molar-refractivity contribution is -0.139. The van der Waals surface area contributed by atoms with E-state index in [2.05, 4.69) is 5.32 Å². The molecule has 128 valence electrons. The third kappa shape index (κ3) is 3.58. The summed E-state index contributed by atoms with van der Waals surface area (Å²) in [6, 6.07) is 6.90. The molecule has 24 heavy (non-hydrogen) atoms. The van der Waals surface area contributed by atoms with Crippen LogP contribution >= 0.6 is 0 Å². The van der Waals surface area contributed by atoms with Crippen LogP contribution < -0.4 is 5.32 Å². The van der Waals surface area contributed by atoms with E-state index in [0.717, 1.165) is 19.3 Å². The molecule has 0 aromatic heterocycles. The first-order valence-electron chi connectivity index (χ1n) is 8.50. The molecule has 0 unspecified atom stereocenters. The molecule has 1 heterocycles. The Morgan fingerprint density at radius 1 is 0.958 bits per heavy atom. The van der Waals surface area contributed by atoms with Crippen molar-refractivity contribution in [2.24, 2.45) is 5.92 Å². The fourth-order valence-electron chi connectivity index (χ4n) is 3.13. The second-order valence-corrected chi connectivity index (χ2v) is 6.50. The molecule has 1 aliphatic carbocycles. The summed E-state index contributed by atoms with van der Waals surface area (Å²) in [5.74, 6) is 0.308. The van der Waals surface area contributed by atoms with E-state index in [0.29, 0.717) is 37.4 Å². The molecule has 0 bridgehead atoms. The number of amides is 3. The SMILES string of the molecule is CC(=O)Nc1ccc(C(=O)N2CCN(C(=O)C3CCC3)CC2)cc1. The van der Waals surface area contributed by atoms with E-state index in [1.54, 1.807) is 29.2 Å². The molecule has 3 amide bonds. The monoisotopic (exact) mass is 329 g/mol. The number of carbonyl (C=O) groups is 3. The molecule has 3 rings (SSSR count). The largest absolute Gasteiger partial charge is 0.339 e. The molecule has 1 saturated heterocycles. The zero-order chi connectivity index (χ0) is 17.1. The average Bonchev–Trinajstić information content (AvgIpc) is 2.53. The van der Waals surface area contributed by atoms with Gasteiger partial charge in [0.25, 0.3) is 5.91 Å². The second kappa shape index (κ2) is 7.03. The van der Waals surface area contributed by atoms with E-state index in [1.807, 2.05) is 4.90 Å². The smallest absolute Gasteiger partial charge is 0.253 e. The van der Waals surface area contributed by atoms with Gasteiger partial charge in [-0.15, -0.1) is 0 Å². The molecule has 0 atom stereocenters. The quantitative estimate of drug-likeness (QED) is 0.918. The minimum atomic E-state index is -0.138. The number of nitrogens with one attached hydrogen (secondary N) is 1. The first kappa shape index (κ1) is 16.5. The van der Waals surface area contributed by atoms with Gasteiger partial charge in [0.05, 0.1) is 0 Å². The highest BCUT2D eigenvalue weighted by atomic mass is 16.2. The lowest BCUT2D eigenvalue weighted by atomic mass is 9.84. The summed E-state index contributed by atoms with van der Waals surface area (Å²) >= 11 is 0. The van der Waals surface area contributed by atoms with Crippen molar-refractivity contribution in [3.05, 3.63) is 29.8 Å². The number of hydrogen-bond acceptors (Lipinski definition) is 3. The molecular weight excluding hydrogens is 306 g/mol. The summed E-state index contributed by atoms with van der Waals surface area (Å²) in [4.78, 5) is 39.5. The summed E-state index contributed by atoms with van der Waals surface area (Å²) in [5, 5.41) is 2.68. The highest BCUT2D eigenvalue weighted by Gasteiger charge is 2.32. The molecule has 1 N–H and O–H groups in total. The highest BCUT2D eigenvalue weighted by molar-refractivity contribution is 5.95. The van der Waals surface area contributed by atoms with Gasteiger partial charge in [-0.3, -0.25) is 14.4 Å². The number of piperazine rings is 1. The van der Waals surface area contributed by atoms with Gasteiger partial charge in [-0.05, 0) is 37.1 Å². The molecular formula is C18H23N3O3. The number of carbonyl (C=O) groups excluding carboxylic acids is 3. The van der Waals surface area contributed by atoms with Gasteiger partial charge >= 0.3 is 0 Å². The van der Waals surface area contributed by atoms with Crippen molar-refractivity contribution in [3.63, 3.8) is 0 Å². The van der Waals surface area contributed by atoms with E-state index in [-0.39, 0.29) is 23.6 Å². The van der Waals surface area contributed by atoms with Crippen molar-refractivity contribution in [1.82, 2.24) is 9.80 Å². The predicted molar refractivity (Wildman–Crippen MR) is 90.6 cm³/mol. The lowest BCUT2D eigenvalue weighted by Gasteiger charge is -2.38. The Hall–Kier alpha value is -2.37. The van der Waals surface area contributed by atoms with Gasteiger partial charge in [0.15, 0.2) is 0 Å². The Kier molecular flexibility index (Phi) is 4.83. The van der Waals surface area contributed by atoms with Gasteiger partial charge in [-0.25, -0.2) is 0 Å². The maximum absolute atomic E-state index is 12.5. The third-order valence-electron chi connectivity index (χ3n) is 4.79. The molecule has 2 aliphatic rings. The zero-order valence-electron chi connectivity index (χ0n) is 14.0. The van der Waals surface area contributed by atoms with Crippen LogP contribution in [-0.4, -0.2) is 53.7 Å². The fourth-order valence-corrected chi connectivity index (χ4v) is 3.13. The molecule has 1 aromatic carbocycles. The van der Waals surface area contributed by atoms with Gasteiger partial charge in [-0.1, -0.05) is 6.42 Å². The Bertz CT molecular complexity index is 629. The molecule has 2 fully saturated rings. The van der Waals surface area contributed by atoms with Crippen molar-refractivity contribution in [3.8, 4) is 0 Å². The molecule has 0 radical (unpaired) electrons. The van der Waals surface area contributed by atoms with Crippen molar-refractivity contribution in [2.75, 3.05) is 31.5 Å². The predicted octanol–water partition coefficient (Wildman–Crippen LogP) is 1.73. The Balaban J connectivity index is 1.54. The minimum Gasteiger partial charge on any atom is -0.339 e. The number of benzene rings is 1. The minimum absolute atomic E-state index is 0.0277. The highest BCUT2D eigenvalue weighted by Crippen LogP contribution is 2.28. The molecule has 0 spiro atoms. The molecule has 6 heteroatoms. The van der Waals surface area contributed by atoms with Crippen molar-refractivity contribution < 1.29 is 14.4 Å². The summed E-state index contributed by atoms with van der Waals surface area (Å²) in [5.41, 5.74) is 1.28. The van der Waals surface area contributed by atoms with Gasteiger partial charge in [0.1, 0.15) is 0 Å². The molecule has 6 nitrogen and oxygen atoms in total. The van der Waals surface area contributed by atoms with Crippen LogP contribution in [0, 0.1) is 5.92 Å². The van der Waals surface area contributed by atoms with E-state index in [9.17, 15) is 14.4 Å². The zero-order valence-corrected chi connectivity index (χ0v) is 14.0. The van der Waals surface area contributed by atoms with Gasteiger partial charge in [0.2, 0.25) is 11.8 Å². The first-order valence-corrected chi connectivity index (χ1v) is 8.50. The fraction of sp³-hybridized carbons (Fsp3) is 0.500. The molecule has 1 aromatic rings. The summed E-state index contributed by atoms with van der Waals surface area (Å²) in [6.45, 7) is 3.83. The van der Waals surface area contributed by atoms with E-state index in [1.165, 1.54) is 6.92 Å². The Labute approximate surface area is 141 Å².